The molecule has 1 fully saturated rings. The molecule has 164 valence electrons. The van der Waals surface area contributed by atoms with Crippen LogP contribution in [0.2, 0.25) is 0 Å². The molecule has 0 amide bonds. The second-order valence-electron chi connectivity index (χ2n) is 8.21. The van der Waals surface area contributed by atoms with Crippen LogP contribution in [0, 0.1) is 12.8 Å². The second-order valence-corrected chi connectivity index (χ2v) is 9.35. The summed E-state index contributed by atoms with van der Waals surface area (Å²) in [4.78, 5) is 11.8. The van der Waals surface area contributed by atoms with Gasteiger partial charge in [-0.3, -0.25) is 0 Å². The highest BCUT2D eigenvalue weighted by molar-refractivity contribution is 7.13. The maximum absolute atomic E-state index is 5.49. The molecule has 1 aliphatic carbocycles. The van der Waals surface area contributed by atoms with Crippen LogP contribution < -0.4 is 14.8 Å². The first kappa shape index (κ1) is 21.6. The molecule has 31 heavy (non-hydrogen) atoms. The van der Waals surface area contributed by atoms with Crippen molar-refractivity contribution in [1.82, 2.24) is 9.97 Å². The summed E-state index contributed by atoms with van der Waals surface area (Å²) in [6, 6.07) is 8.40. The van der Waals surface area contributed by atoms with Crippen LogP contribution in [0.3, 0.4) is 0 Å². The van der Waals surface area contributed by atoms with E-state index in [1.54, 1.807) is 14.2 Å². The predicted molar refractivity (Wildman–Crippen MR) is 129 cm³/mol. The van der Waals surface area contributed by atoms with Crippen LogP contribution in [-0.4, -0.2) is 24.2 Å². The summed E-state index contributed by atoms with van der Waals surface area (Å²) >= 11 is 1.83. The minimum Gasteiger partial charge on any atom is -0.493 e. The summed E-state index contributed by atoms with van der Waals surface area (Å²) in [5.41, 5.74) is 0.835. The Labute approximate surface area is 188 Å². The van der Waals surface area contributed by atoms with Crippen molar-refractivity contribution in [2.75, 3.05) is 19.5 Å². The summed E-state index contributed by atoms with van der Waals surface area (Å²) in [6.45, 7) is 4.08. The lowest BCUT2D eigenvalue weighted by atomic mass is 9.89. The molecule has 1 aliphatic rings. The molecule has 6 heteroatoms. The summed E-state index contributed by atoms with van der Waals surface area (Å²) in [5, 5.41) is 4.51. The number of allylic oxidation sites excluding steroid dienone is 1. The fourth-order valence-corrected chi connectivity index (χ4v) is 5.13. The minimum atomic E-state index is 0.132. The van der Waals surface area contributed by atoms with E-state index in [1.807, 2.05) is 30.4 Å². The minimum absolute atomic E-state index is 0.132. The number of aromatic nitrogens is 2. The molecule has 1 N–H and O–H groups in total. The lowest BCUT2D eigenvalue weighted by Gasteiger charge is -2.17. The number of nitrogens with one attached hydrogen (secondary N) is 1. The average Bonchev–Trinajstić information content (AvgIpc) is 3.26. The molecule has 0 aliphatic heterocycles. The highest BCUT2D eigenvalue weighted by atomic mass is 32.1. The number of hydrogen-bond donors (Lipinski definition) is 1. The quantitative estimate of drug-likeness (QED) is 0.441. The van der Waals surface area contributed by atoms with Gasteiger partial charge < -0.3 is 14.8 Å². The zero-order valence-corrected chi connectivity index (χ0v) is 19.6. The average molecular weight is 438 g/mol. The molecule has 0 radical (unpaired) electrons. The molecule has 0 bridgehead atoms. The maximum Gasteiger partial charge on any atom is 0.162 e. The van der Waals surface area contributed by atoms with E-state index in [1.165, 1.54) is 41.9 Å². The van der Waals surface area contributed by atoms with Crippen molar-refractivity contribution in [2.24, 2.45) is 5.92 Å². The largest absolute Gasteiger partial charge is 0.493 e. The number of anilines is 1. The van der Waals surface area contributed by atoms with Gasteiger partial charge in [0, 0.05) is 21.2 Å². The number of ether oxygens (including phenoxy) is 2. The summed E-state index contributed by atoms with van der Waals surface area (Å²) in [5.74, 6) is 3.61. The van der Waals surface area contributed by atoms with E-state index in [4.69, 9.17) is 9.47 Å². The van der Waals surface area contributed by atoms with E-state index in [0.29, 0.717) is 11.5 Å². The Bertz CT molecular complexity index is 1070. The third-order valence-electron chi connectivity index (χ3n) is 5.92. The van der Waals surface area contributed by atoms with E-state index in [2.05, 4.69) is 46.5 Å². The SMILES string of the molecule is COc1cc2nc(C)nc(N[C@@H](C)c3ccc(/C=C/C4CCCCC4)s3)c2cc1OC. The number of nitrogens with zero attached hydrogens (tertiary/aromatic N) is 2. The third-order valence-corrected chi connectivity index (χ3v) is 7.16. The molecule has 2 aromatic heterocycles. The molecule has 0 unspecified atom stereocenters. The molecule has 5 nitrogen and oxygen atoms in total. The van der Waals surface area contributed by atoms with Crippen LogP contribution in [-0.2, 0) is 0 Å². The van der Waals surface area contributed by atoms with E-state index in [0.717, 1.165) is 28.5 Å². The Kier molecular flexibility index (Phi) is 6.76. The van der Waals surface area contributed by atoms with Crippen molar-refractivity contribution >= 4 is 34.1 Å². The Morgan fingerprint density at radius 2 is 1.81 bits per heavy atom. The van der Waals surface area contributed by atoms with Gasteiger partial charge in [-0.2, -0.15) is 0 Å². The van der Waals surface area contributed by atoms with Gasteiger partial charge in [-0.1, -0.05) is 25.3 Å². The van der Waals surface area contributed by atoms with Gasteiger partial charge in [-0.25, -0.2) is 9.97 Å². The van der Waals surface area contributed by atoms with Crippen molar-refractivity contribution in [2.45, 2.75) is 52.0 Å². The molecule has 4 rings (SSSR count). The number of rotatable bonds is 7. The Morgan fingerprint density at radius 3 is 2.55 bits per heavy atom. The van der Waals surface area contributed by atoms with E-state index in [-0.39, 0.29) is 6.04 Å². The molecular weight excluding hydrogens is 406 g/mol. The fraction of sp³-hybridized carbons (Fsp3) is 0.440. The predicted octanol–water partition coefficient (Wildman–Crippen LogP) is 6.78. The molecule has 1 aromatic carbocycles. The van der Waals surface area contributed by atoms with Crippen molar-refractivity contribution in [3.63, 3.8) is 0 Å². The lowest BCUT2D eigenvalue weighted by Crippen LogP contribution is -2.08. The van der Waals surface area contributed by atoms with Gasteiger partial charge in [-0.15, -0.1) is 11.3 Å². The highest BCUT2D eigenvalue weighted by Gasteiger charge is 2.16. The molecule has 2 heterocycles. The zero-order valence-electron chi connectivity index (χ0n) is 18.8. The number of benzene rings is 1. The molecule has 1 atom stereocenters. The van der Waals surface area contributed by atoms with Crippen LogP contribution in [0.5, 0.6) is 11.5 Å². The van der Waals surface area contributed by atoms with Gasteiger partial charge in [0.15, 0.2) is 11.5 Å². The van der Waals surface area contributed by atoms with Gasteiger partial charge >= 0.3 is 0 Å². The summed E-state index contributed by atoms with van der Waals surface area (Å²) < 4.78 is 10.9. The standard InChI is InChI=1S/C25H31N3O2S/c1-16(24-13-12-19(31-24)11-10-18-8-6-5-7-9-18)26-25-20-14-22(29-3)23(30-4)15-21(20)27-17(2)28-25/h10-16,18H,5-9H2,1-4H3,(H,26,27,28)/b11-10+/t16-/m0/s1. The van der Waals surface area contributed by atoms with E-state index >= 15 is 0 Å². The maximum atomic E-state index is 5.49. The van der Waals surface area contributed by atoms with Crippen molar-refractivity contribution in [1.29, 1.82) is 0 Å². The number of thiophene rings is 1. The first-order chi connectivity index (χ1) is 15.1. The Hall–Kier alpha value is -2.60. The summed E-state index contributed by atoms with van der Waals surface area (Å²) in [6.07, 6.45) is 11.5. The van der Waals surface area contributed by atoms with Crippen LogP contribution in [0.4, 0.5) is 5.82 Å². The van der Waals surface area contributed by atoms with Gasteiger partial charge in [0.25, 0.3) is 0 Å². The van der Waals surface area contributed by atoms with Gasteiger partial charge in [0.05, 0.1) is 25.8 Å². The van der Waals surface area contributed by atoms with Crippen molar-refractivity contribution in [3.05, 3.63) is 45.9 Å². The smallest absolute Gasteiger partial charge is 0.162 e. The highest BCUT2D eigenvalue weighted by Crippen LogP contribution is 2.36. The number of methoxy groups -OCH3 is 2. The molecule has 0 spiro atoms. The normalized spacial score (nSPS) is 16.0. The van der Waals surface area contributed by atoms with Crippen LogP contribution in [0.25, 0.3) is 17.0 Å². The lowest BCUT2D eigenvalue weighted by molar-refractivity contribution is 0.356. The van der Waals surface area contributed by atoms with Crippen molar-refractivity contribution in [3.8, 4) is 11.5 Å². The number of aryl methyl sites for hydroxylation is 1. The Morgan fingerprint density at radius 1 is 1.06 bits per heavy atom. The van der Waals surface area contributed by atoms with Crippen LogP contribution >= 0.6 is 11.3 Å². The third kappa shape index (κ3) is 5.01. The van der Waals surface area contributed by atoms with Crippen LogP contribution in [0.15, 0.2) is 30.3 Å². The van der Waals surface area contributed by atoms with Gasteiger partial charge in [-0.05, 0) is 56.9 Å². The van der Waals surface area contributed by atoms with Gasteiger partial charge in [0.1, 0.15) is 11.6 Å². The van der Waals surface area contributed by atoms with Crippen molar-refractivity contribution < 1.29 is 9.47 Å². The fourth-order valence-electron chi connectivity index (χ4n) is 4.21. The monoisotopic (exact) mass is 437 g/mol. The molecule has 0 saturated heterocycles. The second kappa shape index (κ2) is 9.69. The Balaban J connectivity index is 1.55. The number of hydrogen-bond acceptors (Lipinski definition) is 6. The first-order valence-corrected chi connectivity index (χ1v) is 11.8. The zero-order chi connectivity index (χ0) is 21.8. The van der Waals surface area contributed by atoms with Crippen LogP contribution in [0.1, 0.15) is 60.6 Å². The van der Waals surface area contributed by atoms with E-state index < -0.39 is 0 Å². The molecular formula is C25H31N3O2S. The topological polar surface area (TPSA) is 56.3 Å². The van der Waals surface area contributed by atoms with E-state index in [9.17, 15) is 0 Å². The molecule has 1 saturated carbocycles. The molecule has 3 aromatic rings. The first-order valence-electron chi connectivity index (χ1n) is 11.0. The summed E-state index contributed by atoms with van der Waals surface area (Å²) in [7, 11) is 3.28. The van der Waals surface area contributed by atoms with Gasteiger partial charge in [0.2, 0.25) is 0 Å². The number of fused-ring (bicyclic) bond motifs is 1.